The summed E-state index contributed by atoms with van der Waals surface area (Å²) in [6.45, 7) is 1.46. The van der Waals surface area contributed by atoms with Crippen LogP contribution in [0.2, 0.25) is 0 Å². The Balaban J connectivity index is 1.67. The van der Waals surface area contributed by atoms with Gasteiger partial charge in [-0.15, -0.1) is 0 Å². The van der Waals surface area contributed by atoms with Crippen LogP contribution < -0.4 is 10.6 Å². The molecule has 0 aliphatic rings. The van der Waals surface area contributed by atoms with Crippen LogP contribution >= 0.6 is 0 Å². The molecule has 1 heterocycles. The average molecular weight is 365 g/mol. The molecule has 0 saturated carbocycles. The zero-order chi connectivity index (χ0) is 19.4. The largest absolute Gasteiger partial charge is 0.480 e. The Morgan fingerprint density at radius 2 is 1.78 bits per heavy atom. The van der Waals surface area contributed by atoms with E-state index in [1.807, 2.05) is 24.3 Å². The lowest BCUT2D eigenvalue weighted by Crippen LogP contribution is -2.44. The molecule has 3 aromatic rings. The van der Waals surface area contributed by atoms with Crippen LogP contribution in [0, 0.1) is 0 Å². The average Bonchev–Trinajstić information content (AvgIpc) is 3.04. The summed E-state index contributed by atoms with van der Waals surface area (Å²) >= 11 is 0. The van der Waals surface area contributed by atoms with Gasteiger partial charge in [-0.1, -0.05) is 18.2 Å². The van der Waals surface area contributed by atoms with E-state index in [0.717, 1.165) is 16.5 Å². The van der Waals surface area contributed by atoms with Gasteiger partial charge in [0.2, 0.25) is 0 Å². The number of fused-ring (bicyclic) bond motifs is 1. The van der Waals surface area contributed by atoms with Crippen LogP contribution in [0.1, 0.15) is 22.8 Å². The number of carbonyl (C=O) groups is 3. The number of benzene rings is 2. The number of aliphatic carboxylic acids is 1. The second-order valence-corrected chi connectivity index (χ2v) is 6.19. The molecule has 0 bridgehead atoms. The highest BCUT2D eigenvalue weighted by Crippen LogP contribution is 2.19. The number of hydrogen-bond acceptors (Lipinski definition) is 3. The zero-order valence-corrected chi connectivity index (χ0v) is 14.7. The topological polar surface area (TPSA) is 111 Å². The lowest BCUT2D eigenvalue weighted by atomic mass is 10.1. The highest BCUT2D eigenvalue weighted by atomic mass is 16.4. The van der Waals surface area contributed by atoms with Crippen molar-refractivity contribution < 1.29 is 19.5 Å². The smallest absolute Gasteiger partial charge is 0.326 e. The summed E-state index contributed by atoms with van der Waals surface area (Å²) in [4.78, 5) is 38.1. The molecule has 7 heteroatoms. The van der Waals surface area contributed by atoms with Crippen LogP contribution in [-0.4, -0.2) is 33.9 Å². The standard InChI is InChI=1S/C20H19N3O4/c1-12(24)13-6-8-15(9-7-13)22-20(27)23-18(19(25)26)10-14-11-21-17-5-3-2-4-16(14)17/h2-9,11,18,21H,10H2,1H3,(H,25,26)(H2,22,23,27)/t18-/m0/s1. The molecule has 0 saturated heterocycles. The van der Waals surface area contributed by atoms with E-state index in [9.17, 15) is 19.5 Å². The van der Waals surface area contributed by atoms with Gasteiger partial charge in [0.15, 0.2) is 5.78 Å². The Hall–Kier alpha value is -3.61. The molecule has 0 unspecified atom stereocenters. The monoisotopic (exact) mass is 365 g/mol. The predicted octanol–water partition coefficient (Wildman–Crippen LogP) is 3.19. The number of H-pyrrole nitrogens is 1. The summed E-state index contributed by atoms with van der Waals surface area (Å²) < 4.78 is 0. The molecule has 1 atom stereocenters. The van der Waals surface area contributed by atoms with E-state index in [0.29, 0.717) is 11.3 Å². The lowest BCUT2D eigenvalue weighted by Gasteiger charge is -2.15. The van der Waals surface area contributed by atoms with Gasteiger partial charge in [0.05, 0.1) is 0 Å². The van der Waals surface area contributed by atoms with Gasteiger partial charge in [-0.25, -0.2) is 9.59 Å². The molecule has 0 fully saturated rings. The molecule has 4 N–H and O–H groups in total. The number of aromatic nitrogens is 1. The molecular formula is C20H19N3O4. The number of nitrogens with one attached hydrogen (secondary N) is 3. The predicted molar refractivity (Wildman–Crippen MR) is 102 cm³/mol. The van der Waals surface area contributed by atoms with Crippen molar-refractivity contribution in [2.45, 2.75) is 19.4 Å². The molecule has 2 amide bonds. The van der Waals surface area contributed by atoms with Gasteiger partial charge in [-0.05, 0) is 42.8 Å². The molecule has 7 nitrogen and oxygen atoms in total. The van der Waals surface area contributed by atoms with Crippen LogP contribution in [-0.2, 0) is 11.2 Å². The highest BCUT2D eigenvalue weighted by Gasteiger charge is 2.22. The quantitative estimate of drug-likeness (QED) is 0.503. The van der Waals surface area contributed by atoms with Gasteiger partial charge in [0, 0.05) is 34.8 Å². The normalized spacial score (nSPS) is 11.7. The van der Waals surface area contributed by atoms with Gasteiger partial charge < -0.3 is 20.7 Å². The summed E-state index contributed by atoms with van der Waals surface area (Å²) in [6, 6.07) is 12.2. The van der Waals surface area contributed by atoms with Crippen molar-refractivity contribution in [3.05, 3.63) is 65.9 Å². The number of anilines is 1. The summed E-state index contributed by atoms with van der Waals surface area (Å²) in [5.41, 5.74) is 2.72. The third-order valence-corrected chi connectivity index (χ3v) is 4.25. The Morgan fingerprint density at radius 3 is 2.44 bits per heavy atom. The number of amides is 2. The molecule has 3 rings (SSSR count). The minimum absolute atomic E-state index is 0.0735. The number of Topliss-reactive ketones (excluding diaryl/α,β-unsaturated/α-hetero) is 1. The highest BCUT2D eigenvalue weighted by molar-refractivity contribution is 5.96. The first kappa shape index (κ1) is 18.2. The second-order valence-electron chi connectivity index (χ2n) is 6.19. The van der Waals surface area contributed by atoms with E-state index in [4.69, 9.17) is 0 Å². The van der Waals surface area contributed by atoms with E-state index >= 15 is 0 Å². The van der Waals surface area contributed by atoms with E-state index < -0.39 is 18.0 Å². The molecule has 0 aliphatic heterocycles. The lowest BCUT2D eigenvalue weighted by molar-refractivity contribution is -0.139. The summed E-state index contributed by atoms with van der Waals surface area (Å²) in [5.74, 6) is -1.20. The second kappa shape index (κ2) is 7.74. The third-order valence-electron chi connectivity index (χ3n) is 4.25. The first-order chi connectivity index (χ1) is 12.9. The summed E-state index contributed by atoms with van der Waals surface area (Å²) in [7, 11) is 0. The van der Waals surface area contributed by atoms with Crippen LogP contribution in [0.3, 0.4) is 0 Å². The Labute approximate surface area is 155 Å². The molecular weight excluding hydrogens is 346 g/mol. The van der Waals surface area contributed by atoms with Crippen molar-refractivity contribution >= 4 is 34.4 Å². The molecule has 0 aliphatic carbocycles. The molecule has 0 radical (unpaired) electrons. The number of urea groups is 1. The van der Waals surface area contributed by atoms with Crippen molar-refractivity contribution in [3.8, 4) is 0 Å². The number of ketones is 1. The number of carboxylic acid groups (broad SMARTS) is 1. The molecule has 0 spiro atoms. The van der Waals surface area contributed by atoms with Gasteiger partial charge in [-0.3, -0.25) is 4.79 Å². The van der Waals surface area contributed by atoms with Gasteiger partial charge in [0.25, 0.3) is 0 Å². The molecule has 1 aromatic heterocycles. The first-order valence-corrected chi connectivity index (χ1v) is 8.40. The number of carboxylic acids is 1. The molecule has 27 heavy (non-hydrogen) atoms. The van der Waals surface area contributed by atoms with Crippen LogP contribution in [0.4, 0.5) is 10.5 Å². The minimum Gasteiger partial charge on any atom is -0.480 e. The van der Waals surface area contributed by atoms with Crippen molar-refractivity contribution in [1.29, 1.82) is 0 Å². The molecule has 2 aromatic carbocycles. The Bertz CT molecular complexity index is 992. The van der Waals surface area contributed by atoms with Crippen LogP contribution in [0.5, 0.6) is 0 Å². The van der Waals surface area contributed by atoms with Crippen molar-refractivity contribution in [2.75, 3.05) is 5.32 Å². The van der Waals surface area contributed by atoms with Crippen LogP contribution in [0.15, 0.2) is 54.7 Å². The summed E-state index contributed by atoms with van der Waals surface area (Å²) in [5, 5.41) is 15.4. The summed E-state index contributed by atoms with van der Waals surface area (Å²) in [6.07, 6.45) is 1.90. The van der Waals surface area contributed by atoms with Gasteiger partial charge in [0.1, 0.15) is 6.04 Å². The van der Waals surface area contributed by atoms with Crippen molar-refractivity contribution in [2.24, 2.45) is 0 Å². The van der Waals surface area contributed by atoms with E-state index in [1.54, 1.807) is 30.5 Å². The van der Waals surface area contributed by atoms with E-state index in [-0.39, 0.29) is 12.2 Å². The number of aromatic amines is 1. The number of hydrogen-bond donors (Lipinski definition) is 4. The number of carbonyl (C=O) groups excluding carboxylic acids is 2. The maximum Gasteiger partial charge on any atom is 0.326 e. The Kier molecular flexibility index (Phi) is 5.21. The fourth-order valence-electron chi connectivity index (χ4n) is 2.83. The zero-order valence-electron chi connectivity index (χ0n) is 14.7. The number of para-hydroxylation sites is 1. The minimum atomic E-state index is -1.12. The fourth-order valence-corrected chi connectivity index (χ4v) is 2.83. The SMILES string of the molecule is CC(=O)c1ccc(NC(=O)N[C@@H](Cc2c[nH]c3ccccc23)C(=O)O)cc1. The Morgan fingerprint density at radius 1 is 1.07 bits per heavy atom. The molecule has 138 valence electrons. The van der Waals surface area contributed by atoms with Gasteiger partial charge >= 0.3 is 12.0 Å². The van der Waals surface area contributed by atoms with Crippen LogP contribution in [0.25, 0.3) is 10.9 Å². The maximum absolute atomic E-state index is 12.2. The fraction of sp³-hybridized carbons (Fsp3) is 0.150. The first-order valence-electron chi connectivity index (χ1n) is 8.40. The van der Waals surface area contributed by atoms with Gasteiger partial charge in [-0.2, -0.15) is 0 Å². The van der Waals surface area contributed by atoms with E-state index in [2.05, 4.69) is 15.6 Å². The van der Waals surface area contributed by atoms with Crippen molar-refractivity contribution in [1.82, 2.24) is 10.3 Å². The third kappa shape index (κ3) is 4.33. The van der Waals surface area contributed by atoms with E-state index in [1.165, 1.54) is 6.92 Å². The maximum atomic E-state index is 12.2. The van der Waals surface area contributed by atoms with Crippen molar-refractivity contribution in [3.63, 3.8) is 0 Å². The number of rotatable bonds is 6.